The number of rotatable bonds is 4. The van der Waals surface area contributed by atoms with Crippen molar-refractivity contribution in [2.45, 2.75) is 18.6 Å². The zero-order valence-corrected chi connectivity index (χ0v) is 11.5. The molecule has 4 nitrogen and oxygen atoms in total. The van der Waals surface area contributed by atoms with Crippen molar-refractivity contribution < 1.29 is 14.6 Å². The van der Waals surface area contributed by atoms with Crippen LogP contribution < -0.4 is 5.73 Å². The second-order valence-electron chi connectivity index (χ2n) is 5.18. The first-order valence-electron chi connectivity index (χ1n) is 6.94. The molecule has 2 aromatic rings. The van der Waals surface area contributed by atoms with Crippen LogP contribution in [0.15, 0.2) is 48.5 Å². The van der Waals surface area contributed by atoms with Crippen LogP contribution in [0.1, 0.15) is 23.5 Å². The molecule has 0 saturated heterocycles. The van der Waals surface area contributed by atoms with Crippen molar-refractivity contribution in [2.75, 3.05) is 6.61 Å². The lowest BCUT2D eigenvalue weighted by Crippen LogP contribution is -2.25. The minimum absolute atomic E-state index is 0.0382. The molecule has 0 spiro atoms. The van der Waals surface area contributed by atoms with Crippen LogP contribution in [0.2, 0.25) is 0 Å². The summed E-state index contributed by atoms with van der Waals surface area (Å²) < 4.78 is 5.27. The lowest BCUT2D eigenvalue weighted by Gasteiger charge is -2.14. The second kappa shape index (κ2) is 5.68. The summed E-state index contributed by atoms with van der Waals surface area (Å²) in [5, 5.41) is 9.01. The molecule has 0 heterocycles. The normalized spacial score (nSPS) is 14.4. The molecule has 1 atom stereocenters. The van der Waals surface area contributed by atoms with Gasteiger partial charge in [-0.2, -0.15) is 0 Å². The molecule has 108 valence electrons. The van der Waals surface area contributed by atoms with E-state index in [4.69, 9.17) is 15.6 Å². The third kappa shape index (κ3) is 2.68. The van der Waals surface area contributed by atoms with E-state index in [0.29, 0.717) is 0 Å². The predicted octanol–water partition coefficient (Wildman–Crippen LogP) is 2.01. The van der Waals surface area contributed by atoms with Gasteiger partial charge >= 0.3 is 5.97 Å². The van der Waals surface area contributed by atoms with Gasteiger partial charge in [0.25, 0.3) is 0 Å². The molecular formula is C17H17NO3. The number of aliphatic hydroxyl groups excluding tert-OH is 1. The van der Waals surface area contributed by atoms with E-state index in [-0.39, 0.29) is 18.9 Å². The molecule has 21 heavy (non-hydrogen) atoms. The fourth-order valence-electron chi connectivity index (χ4n) is 2.85. The number of esters is 1. The van der Waals surface area contributed by atoms with E-state index in [2.05, 4.69) is 24.3 Å². The van der Waals surface area contributed by atoms with Crippen molar-refractivity contribution in [3.05, 3.63) is 59.7 Å². The summed E-state index contributed by atoms with van der Waals surface area (Å²) in [6, 6.07) is 16.3. The van der Waals surface area contributed by atoms with Gasteiger partial charge in [-0.05, 0) is 22.3 Å². The van der Waals surface area contributed by atoms with Gasteiger partial charge in [0, 0.05) is 5.92 Å². The van der Waals surface area contributed by atoms with Gasteiger partial charge in [0.15, 0.2) is 0 Å². The molecule has 0 amide bonds. The van der Waals surface area contributed by atoms with Crippen molar-refractivity contribution in [3.63, 3.8) is 0 Å². The molecule has 3 N–H and O–H groups in total. The largest absolute Gasteiger partial charge is 0.465 e. The third-order valence-corrected chi connectivity index (χ3v) is 3.75. The van der Waals surface area contributed by atoms with Crippen molar-refractivity contribution in [2.24, 2.45) is 5.73 Å². The monoisotopic (exact) mass is 283 g/mol. The van der Waals surface area contributed by atoms with Crippen molar-refractivity contribution in [1.82, 2.24) is 0 Å². The molecule has 4 heteroatoms. The highest BCUT2D eigenvalue weighted by atomic mass is 16.5. The fraction of sp³-hybridized carbons (Fsp3) is 0.235. The van der Waals surface area contributed by atoms with Gasteiger partial charge in [-0.3, -0.25) is 4.79 Å². The van der Waals surface area contributed by atoms with Crippen molar-refractivity contribution in [1.29, 1.82) is 0 Å². The molecule has 1 aliphatic rings. The smallest absolute Gasteiger partial charge is 0.309 e. The Morgan fingerprint density at radius 1 is 1.10 bits per heavy atom. The number of hydrogen-bond acceptors (Lipinski definition) is 4. The Morgan fingerprint density at radius 3 is 2.14 bits per heavy atom. The van der Waals surface area contributed by atoms with Crippen molar-refractivity contribution in [3.8, 4) is 11.1 Å². The van der Waals surface area contributed by atoms with E-state index < -0.39 is 12.2 Å². The molecule has 3 rings (SSSR count). The first kappa shape index (κ1) is 13.8. The van der Waals surface area contributed by atoms with E-state index >= 15 is 0 Å². The number of aliphatic hydroxyl groups is 1. The Balaban J connectivity index is 1.84. The lowest BCUT2D eigenvalue weighted by molar-refractivity contribution is -0.146. The molecule has 2 aromatic carbocycles. The first-order chi connectivity index (χ1) is 10.2. The highest BCUT2D eigenvalue weighted by molar-refractivity contribution is 5.79. The van der Waals surface area contributed by atoms with Gasteiger partial charge in [-0.1, -0.05) is 48.5 Å². The number of nitrogens with two attached hydrogens (primary N) is 1. The topological polar surface area (TPSA) is 72.5 Å². The van der Waals surface area contributed by atoms with Gasteiger partial charge in [-0.15, -0.1) is 0 Å². The van der Waals surface area contributed by atoms with Gasteiger partial charge in [0.2, 0.25) is 0 Å². The molecule has 0 fully saturated rings. The molecule has 1 aliphatic carbocycles. The van der Waals surface area contributed by atoms with E-state index in [1.165, 1.54) is 22.3 Å². The number of hydrogen-bond donors (Lipinski definition) is 2. The molecule has 0 saturated carbocycles. The average Bonchev–Trinajstić information content (AvgIpc) is 2.79. The summed E-state index contributed by atoms with van der Waals surface area (Å²) in [7, 11) is 0. The molecule has 0 bridgehead atoms. The van der Waals surface area contributed by atoms with Crippen LogP contribution in [0.4, 0.5) is 0 Å². The van der Waals surface area contributed by atoms with Gasteiger partial charge < -0.3 is 15.6 Å². The van der Waals surface area contributed by atoms with Crippen LogP contribution in [-0.4, -0.2) is 23.9 Å². The maximum absolute atomic E-state index is 11.6. The molecule has 0 aliphatic heterocycles. The van der Waals surface area contributed by atoms with E-state index in [1.807, 2.05) is 24.3 Å². The summed E-state index contributed by atoms with van der Waals surface area (Å²) in [5.74, 6) is -0.442. The highest BCUT2D eigenvalue weighted by Crippen LogP contribution is 2.44. The summed E-state index contributed by atoms with van der Waals surface area (Å²) in [4.78, 5) is 11.6. The van der Waals surface area contributed by atoms with E-state index in [9.17, 15) is 4.79 Å². The van der Waals surface area contributed by atoms with Crippen LogP contribution in [0, 0.1) is 0 Å². The summed E-state index contributed by atoms with van der Waals surface area (Å²) in [5.41, 5.74) is 9.89. The van der Waals surface area contributed by atoms with E-state index in [0.717, 1.165) is 0 Å². The average molecular weight is 283 g/mol. The molecular weight excluding hydrogens is 266 g/mol. The molecule has 1 unspecified atom stereocenters. The van der Waals surface area contributed by atoms with Gasteiger partial charge in [0.1, 0.15) is 12.8 Å². The van der Waals surface area contributed by atoms with Crippen LogP contribution in [0.3, 0.4) is 0 Å². The number of benzene rings is 2. The Morgan fingerprint density at radius 2 is 1.62 bits per heavy atom. The summed E-state index contributed by atoms with van der Waals surface area (Å²) in [6.07, 6.45) is -1.35. The number of carbonyl (C=O) groups excluding carboxylic acids is 1. The first-order valence-corrected chi connectivity index (χ1v) is 6.94. The Kier molecular flexibility index (Phi) is 3.73. The van der Waals surface area contributed by atoms with Crippen LogP contribution in [0.25, 0.3) is 11.1 Å². The number of carbonyl (C=O) groups is 1. The minimum Gasteiger partial charge on any atom is -0.465 e. The summed E-state index contributed by atoms with van der Waals surface area (Å²) in [6.45, 7) is 0.263. The quantitative estimate of drug-likeness (QED) is 0.665. The third-order valence-electron chi connectivity index (χ3n) is 3.75. The van der Waals surface area contributed by atoms with Gasteiger partial charge in [0.05, 0.1) is 6.42 Å². The summed E-state index contributed by atoms with van der Waals surface area (Å²) >= 11 is 0. The maximum Gasteiger partial charge on any atom is 0.309 e. The van der Waals surface area contributed by atoms with Crippen LogP contribution >= 0.6 is 0 Å². The van der Waals surface area contributed by atoms with Crippen LogP contribution in [0.5, 0.6) is 0 Å². The Labute approximate surface area is 123 Å². The SMILES string of the molecule is NC(O)CC(=O)OCC1c2ccccc2-c2ccccc21. The maximum atomic E-state index is 11.6. The fourth-order valence-corrected chi connectivity index (χ4v) is 2.85. The number of ether oxygens (including phenoxy) is 1. The zero-order chi connectivity index (χ0) is 14.8. The highest BCUT2D eigenvalue weighted by Gasteiger charge is 2.28. The Bertz CT molecular complexity index is 621. The van der Waals surface area contributed by atoms with Crippen molar-refractivity contribution >= 4 is 5.97 Å². The van der Waals surface area contributed by atoms with E-state index in [1.54, 1.807) is 0 Å². The lowest BCUT2D eigenvalue weighted by atomic mass is 9.98. The molecule has 0 aromatic heterocycles. The number of fused-ring (bicyclic) bond motifs is 3. The Hall–Kier alpha value is -2.17. The predicted molar refractivity (Wildman–Crippen MR) is 79.5 cm³/mol. The second-order valence-corrected chi connectivity index (χ2v) is 5.18. The van der Waals surface area contributed by atoms with Crippen LogP contribution in [-0.2, 0) is 9.53 Å². The van der Waals surface area contributed by atoms with Gasteiger partial charge in [-0.25, -0.2) is 0 Å². The zero-order valence-electron chi connectivity index (χ0n) is 11.5. The minimum atomic E-state index is -1.17. The standard InChI is InChI=1S/C17H17NO3/c18-16(19)9-17(20)21-10-15-13-7-3-1-5-11(13)12-6-2-4-8-14(12)15/h1-8,15-16,19H,9-10,18H2. The molecule has 0 radical (unpaired) electrons.